The van der Waals surface area contributed by atoms with Crippen molar-refractivity contribution >= 4 is 10.9 Å². The van der Waals surface area contributed by atoms with Crippen LogP contribution in [0.1, 0.15) is 5.56 Å². The molecule has 0 saturated carbocycles. The molecule has 1 aromatic heterocycles. The summed E-state index contributed by atoms with van der Waals surface area (Å²) in [7, 11) is 0. The SMILES string of the molecule is OCc1cccc(-c2cccc3ncccc23)c1. The molecule has 1 N–H and O–H groups in total. The Balaban J connectivity index is 2.24. The van der Waals surface area contributed by atoms with Crippen molar-refractivity contribution in [2.24, 2.45) is 0 Å². The molecule has 1 heterocycles. The van der Waals surface area contributed by atoms with Crippen LogP contribution in [0.15, 0.2) is 60.8 Å². The number of pyridine rings is 1. The minimum Gasteiger partial charge on any atom is -0.392 e. The first-order chi connectivity index (χ1) is 8.88. The molecule has 0 amide bonds. The minimum absolute atomic E-state index is 0.0663. The van der Waals surface area contributed by atoms with Gasteiger partial charge >= 0.3 is 0 Å². The summed E-state index contributed by atoms with van der Waals surface area (Å²) in [5.74, 6) is 0. The molecule has 3 rings (SSSR count). The molecule has 88 valence electrons. The fourth-order valence-corrected chi connectivity index (χ4v) is 2.19. The van der Waals surface area contributed by atoms with Gasteiger partial charge < -0.3 is 5.11 Å². The summed E-state index contributed by atoms with van der Waals surface area (Å²) in [5.41, 5.74) is 4.17. The molecule has 0 radical (unpaired) electrons. The number of aromatic nitrogens is 1. The largest absolute Gasteiger partial charge is 0.392 e. The van der Waals surface area contributed by atoms with Gasteiger partial charge in [-0.3, -0.25) is 4.98 Å². The average Bonchev–Trinajstić information content (AvgIpc) is 2.47. The first-order valence-electron chi connectivity index (χ1n) is 5.92. The van der Waals surface area contributed by atoms with Crippen LogP contribution in [-0.2, 0) is 6.61 Å². The molecule has 0 aliphatic heterocycles. The van der Waals surface area contributed by atoms with Gasteiger partial charge in [-0.05, 0) is 34.9 Å². The van der Waals surface area contributed by atoms with E-state index >= 15 is 0 Å². The topological polar surface area (TPSA) is 33.1 Å². The van der Waals surface area contributed by atoms with Crippen molar-refractivity contribution in [2.45, 2.75) is 6.61 Å². The number of rotatable bonds is 2. The van der Waals surface area contributed by atoms with Crippen LogP contribution in [-0.4, -0.2) is 10.1 Å². The number of hydrogen-bond acceptors (Lipinski definition) is 2. The summed E-state index contributed by atoms with van der Waals surface area (Å²) in [6, 6.07) is 18.1. The van der Waals surface area contributed by atoms with Crippen LogP contribution in [0.2, 0.25) is 0 Å². The molecule has 18 heavy (non-hydrogen) atoms. The van der Waals surface area contributed by atoms with Gasteiger partial charge in [-0.25, -0.2) is 0 Å². The Morgan fingerprint density at radius 3 is 2.72 bits per heavy atom. The van der Waals surface area contributed by atoms with Gasteiger partial charge in [-0.2, -0.15) is 0 Å². The number of hydrogen-bond donors (Lipinski definition) is 1. The van der Waals surface area contributed by atoms with Crippen molar-refractivity contribution in [1.29, 1.82) is 0 Å². The molecule has 0 atom stereocenters. The van der Waals surface area contributed by atoms with E-state index in [1.165, 1.54) is 0 Å². The number of nitrogens with zero attached hydrogens (tertiary/aromatic N) is 1. The van der Waals surface area contributed by atoms with Crippen LogP contribution in [0.5, 0.6) is 0 Å². The maximum atomic E-state index is 9.21. The molecular formula is C16H13NO. The first-order valence-corrected chi connectivity index (χ1v) is 5.92. The van der Waals surface area contributed by atoms with Gasteiger partial charge in [0.1, 0.15) is 0 Å². The summed E-state index contributed by atoms with van der Waals surface area (Å²) >= 11 is 0. The summed E-state index contributed by atoms with van der Waals surface area (Å²) < 4.78 is 0. The van der Waals surface area contributed by atoms with Gasteiger partial charge in [-0.15, -0.1) is 0 Å². The summed E-state index contributed by atoms with van der Waals surface area (Å²) in [4.78, 5) is 4.36. The fraction of sp³-hybridized carbons (Fsp3) is 0.0625. The third kappa shape index (κ3) is 1.87. The van der Waals surface area contributed by atoms with E-state index in [2.05, 4.69) is 23.2 Å². The summed E-state index contributed by atoms with van der Waals surface area (Å²) in [6.07, 6.45) is 1.80. The molecule has 0 aliphatic carbocycles. The van der Waals surface area contributed by atoms with E-state index in [1.807, 2.05) is 36.4 Å². The van der Waals surface area contributed by atoms with Crippen LogP contribution in [0, 0.1) is 0 Å². The number of benzene rings is 2. The second-order valence-electron chi connectivity index (χ2n) is 4.23. The van der Waals surface area contributed by atoms with Gasteiger partial charge in [0.05, 0.1) is 12.1 Å². The number of aliphatic hydroxyl groups is 1. The Bertz CT molecular complexity index is 686. The molecule has 2 aromatic carbocycles. The highest BCUT2D eigenvalue weighted by atomic mass is 16.3. The molecule has 0 aliphatic rings. The second kappa shape index (κ2) is 4.59. The van der Waals surface area contributed by atoms with Crippen LogP contribution in [0.3, 0.4) is 0 Å². The Morgan fingerprint density at radius 1 is 0.944 bits per heavy atom. The number of fused-ring (bicyclic) bond motifs is 1. The predicted octanol–water partition coefficient (Wildman–Crippen LogP) is 3.39. The van der Waals surface area contributed by atoms with E-state index in [1.54, 1.807) is 6.20 Å². The van der Waals surface area contributed by atoms with Crippen LogP contribution >= 0.6 is 0 Å². The Labute approximate surface area is 106 Å². The predicted molar refractivity (Wildman–Crippen MR) is 73.1 cm³/mol. The van der Waals surface area contributed by atoms with Gasteiger partial charge in [-0.1, -0.05) is 36.4 Å². The van der Waals surface area contributed by atoms with Crippen molar-refractivity contribution in [3.63, 3.8) is 0 Å². The maximum Gasteiger partial charge on any atom is 0.0708 e. The molecule has 2 heteroatoms. The van der Waals surface area contributed by atoms with Crippen molar-refractivity contribution in [3.8, 4) is 11.1 Å². The molecule has 0 spiro atoms. The van der Waals surface area contributed by atoms with Crippen LogP contribution < -0.4 is 0 Å². The third-order valence-corrected chi connectivity index (χ3v) is 3.07. The summed E-state index contributed by atoms with van der Waals surface area (Å²) in [5, 5.41) is 10.3. The lowest BCUT2D eigenvalue weighted by atomic mass is 9.99. The van der Waals surface area contributed by atoms with E-state index in [0.717, 1.165) is 27.6 Å². The van der Waals surface area contributed by atoms with Crippen LogP contribution in [0.25, 0.3) is 22.0 Å². The second-order valence-corrected chi connectivity index (χ2v) is 4.23. The van der Waals surface area contributed by atoms with E-state index in [9.17, 15) is 5.11 Å². The molecule has 3 aromatic rings. The Kier molecular flexibility index (Phi) is 2.79. The zero-order chi connectivity index (χ0) is 12.4. The lowest BCUT2D eigenvalue weighted by Gasteiger charge is -2.07. The zero-order valence-corrected chi connectivity index (χ0v) is 9.88. The van der Waals surface area contributed by atoms with Crippen LogP contribution in [0.4, 0.5) is 0 Å². The highest BCUT2D eigenvalue weighted by Gasteiger charge is 2.04. The monoisotopic (exact) mass is 235 g/mol. The average molecular weight is 235 g/mol. The quantitative estimate of drug-likeness (QED) is 0.738. The van der Waals surface area contributed by atoms with Crippen molar-refractivity contribution < 1.29 is 5.11 Å². The van der Waals surface area contributed by atoms with Gasteiger partial charge in [0, 0.05) is 11.6 Å². The lowest BCUT2D eigenvalue weighted by Crippen LogP contribution is -1.86. The highest BCUT2D eigenvalue weighted by molar-refractivity contribution is 5.94. The van der Waals surface area contributed by atoms with E-state index in [0.29, 0.717) is 0 Å². The normalized spacial score (nSPS) is 10.7. The van der Waals surface area contributed by atoms with Crippen molar-refractivity contribution in [3.05, 3.63) is 66.4 Å². The standard InChI is InChI=1S/C16H13NO/c18-11-12-4-1-5-13(10-12)14-6-2-8-16-15(14)7-3-9-17-16/h1-10,18H,11H2. The lowest BCUT2D eigenvalue weighted by molar-refractivity contribution is 0.282. The van der Waals surface area contributed by atoms with E-state index in [4.69, 9.17) is 0 Å². The van der Waals surface area contributed by atoms with Crippen molar-refractivity contribution in [2.75, 3.05) is 0 Å². The number of aliphatic hydroxyl groups excluding tert-OH is 1. The maximum absolute atomic E-state index is 9.21. The fourth-order valence-electron chi connectivity index (χ4n) is 2.19. The molecular weight excluding hydrogens is 222 g/mol. The van der Waals surface area contributed by atoms with Gasteiger partial charge in [0.2, 0.25) is 0 Å². The Hall–Kier alpha value is -2.19. The zero-order valence-electron chi connectivity index (χ0n) is 9.88. The van der Waals surface area contributed by atoms with Crippen molar-refractivity contribution in [1.82, 2.24) is 4.98 Å². The molecule has 0 unspecified atom stereocenters. The molecule has 0 saturated heterocycles. The van der Waals surface area contributed by atoms with Gasteiger partial charge in [0.25, 0.3) is 0 Å². The smallest absolute Gasteiger partial charge is 0.0708 e. The van der Waals surface area contributed by atoms with E-state index < -0.39 is 0 Å². The van der Waals surface area contributed by atoms with E-state index in [-0.39, 0.29) is 6.61 Å². The molecule has 0 fully saturated rings. The molecule has 0 bridgehead atoms. The van der Waals surface area contributed by atoms with Gasteiger partial charge in [0.15, 0.2) is 0 Å². The minimum atomic E-state index is 0.0663. The third-order valence-electron chi connectivity index (χ3n) is 3.07. The molecule has 2 nitrogen and oxygen atoms in total. The first kappa shape index (κ1) is 10.9. The summed E-state index contributed by atoms with van der Waals surface area (Å²) in [6.45, 7) is 0.0663. The Morgan fingerprint density at radius 2 is 1.83 bits per heavy atom. The highest BCUT2D eigenvalue weighted by Crippen LogP contribution is 2.27.